The van der Waals surface area contributed by atoms with Crippen molar-refractivity contribution in [3.05, 3.63) is 39.6 Å². The summed E-state index contributed by atoms with van der Waals surface area (Å²) in [6, 6.07) is 6.18. The molecule has 0 aliphatic carbocycles. The average Bonchev–Trinajstić information content (AvgIpc) is 2.86. The standard InChI is InChI=1S/C14H17BrN4/c1-9-14(15)13(18(2)17-9)8-19-6-5-10-3-4-11(16)7-12(10)19/h3-4,7H,5-6,8,16H2,1-2H3. The molecule has 1 aromatic carbocycles. The number of nitrogen functional groups attached to an aromatic ring is 1. The van der Waals surface area contributed by atoms with Crippen molar-refractivity contribution in [2.45, 2.75) is 19.9 Å². The molecule has 1 aromatic heterocycles. The monoisotopic (exact) mass is 320 g/mol. The van der Waals surface area contributed by atoms with Crippen LogP contribution in [0.25, 0.3) is 0 Å². The van der Waals surface area contributed by atoms with Gasteiger partial charge in [-0.1, -0.05) is 6.07 Å². The first-order valence-corrected chi connectivity index (χ1v) is 7.17. The Balaban J connectivity index is 1.92. The van der Waals surface area contributed by atoms with Crippen LogP contribution in [0.3, 0.4) is 0 Å². The van der Waals surface area contributed by atoms with E-state index in [4.69, 9.17) is 5.73 Å². The molecule has 0 saturated carbocycles. The minimum Gasteiger partial charge on any atom is -0.399 e. The van der Waals surface area contributed by atoms with Crippen molar-refractivity contribution in [3.63, 3.8) is 0 Å². The number of hydrogen-bond acceptors (Lipinski definition) is 3. The summed E-state index contributed by atoms with van der Waals surface area (Å²) in [7, 11) is 1.99. The lowest BCUT2D eigenvalue weighted by molar-refractivity contribution is 0.683. The summed E-state index contributed by atoms with van der Waals surface area (Å²) in [5.41, 5.74) is 11.6. The predicted octanol–water partition coefficient (Wildman–Crippen LogP) is 2.64. The first kappa shape index (κ1) is 12.5. The van der Waals surface area contributed by atoms with E-state index >= 15 is 0 Å². The van der Waals surface area contributed by atoms with Crippen molar-refractivity contribution in [3.8, 4) is 0 Å². The van der Waals surface area contributed by atoms with Crippen LogP contribution in [-0.4, -0.2) is 16.3 Å². The second-order valence-electron chi connectivity index (χ2n) is 5.03. The molecule has 0 fully saturated rings. The molecule has 2 N–H and O–H groups in total. The molecule has 0 amide bonds. The van der Waals surface area contributed by atoms with E-state index in [1.165, 1.54) is 16.9 Å². The minimum atomic E-state index is 0.825. The topological polar surface area (TPSA) is 47.1 Å². The number of fused-ring (bicyclic) bond motifs is 1. The zero-order valence-corrected chi connectivity index (χ0v) is 12.7. The number of anilines is 2. The number of aromatic nitrogens is 2. The summed E-state index contributed by atoms with van der Waals surface area (Å²) in [5, 5.41) is 4.44. The number of hydrogen-bond donors (Lipinski definition) is 1. The van der Waals surface area contributed by atoms with E-state index < -0.39 is 0 Å². The Bertz CT molecular complexity index is 633. The number of benzene rings is 1. The van der Waals surface area contributed by atoms with Gasteiger partial charge in [-0.25, -0.2) is 0 Å². The van der Waals surface area contributed by atoms with Gasteiger partial charge in [0.1, 0.15) is 0 Å². The largest absolute Gasteiger partial charge is 0.399 e. The fourth-order valence-corrected chi connectivity index (χ4v) is 3.12. The molecule has 100 valence electrons. The molecule has 3 rings (SSSR count). The van der Waals surface area contributed by atoms with Gasteiger partial charge >= 0.3 is 0 Å². The lowest BCUT2D eigenvalue weighted by Crippen LogP contribution is -2.21. The van der Waals surface area contributed by atoms with Gasteiger partial charge in [0.15, 0.2) is 0 Å². The molecule has 2 aromatic rings. The molecule has 5 heteroatoms. The number of halogens is 1. The van der Waals surface area contributed by atoms with Crippen LogP contribution in [0.15, 0.2) is 22.7 Å². The van der Waals surface area contributed by atoms with Crippen molar-refractivity contribution < 1.29 is 0 Å². The van der Waals surface area contributed by atoms with Crippen LogP contribution in [0.2, 0.25) is 0 Å². The number of nitrogens with two attached hydrogens (primary N) is 1. The molecule has 4 nitrogen and oxygen atoms in total. The normalized spacial score (nSPS) is 13.9. The van der Waals surface area contributed by atoms with Gasteiger partial charge in [-0.05, 0) is 47.0 Å². The molecule has 0 saturated heterocycles. The van der Waals surface area contributed by atoms with Crippen molar-refractivity contribution in [2.24, 2.45) is 7.05 Å². The maximum absolute atomic E-state index is 5.90. The second-order valence-corrected chi connectivity index (χ2v) is 5.82. The predicted molar refractivity (Wildman–Crippen MR) is 81.3 cm³/mol. The Morgan fingerprint density at radius 2 is 2.21 bits per heavy atom. The lowest BCUT2D eigenvalue weighted by atomic mass is 10.1. The SMILES string of the molecule is Cc1nn(C)c(CN2CCc3ccc(N)cc32)c1Br. The number of rotatable bonds is 2. The third kappa shape index (κ3) is 2.12. The molecule has 1 aliphatic rings. The van der Waals surface area contributed by atoms with Gasteiger partial charge in [-0.3, -0.25) is 4.68 Å². The van der Waals surface area contributed by atoms with E-state index in [-0.39, 0.29) is 0 Å². The van der Waals surface area contributed by atoms with Crippen LogP contribution < -0.4 is 10.6 Å². The summed E-state index contributed by atoms with van der Waals surface area (Å²) in [6.45, 7) is 3.91. The maximum atomic E-state index is 5.90. The first-order valence-electron chi connectivity index (χ1n) is 6.37. The Morgan fingerprint density at radius 1 is 1.42 bits per heavy atom. The second kappa shape index (κ2) is 4.56. The molecule has 0 radical (unpaired) electrons. The smallest absolute Gasteiger partial charge is 0.0739 e. The highest BCUT2D eigenvalue weighted by Crippen LogP contribution is 2.32. The van der Waals surface area contributed by atoms with Gasteiger partial charge in [-0.15, -0.1) is 0 Å². The molecule has 2 heterocycles. The van der Waals surface area contributed by atoms with E-state index in [1.807, 2.05) is 24.7 Å². The quantitative estimate of drug-likeness (QED) is 0.865. The Labute approximate surface area is 121 Å². The maximum Gasteiger partial charge on any atom is 0.0739 e. The molecule has 0 spiro atoms. The van der Waals surface area contributed by atoms with Crippen LogP contribution in [-0.2, 0) is 20.0 Å². The fraction of sp³-hybridized carbons (Fsp3) is 0.357. The Hall–Kier alpha value is -1.49. The van der Waals surface area contributed by atoms with Gasteiger partial charge in [0.05, 0.1) is 22.4 Å². The zero-order chi connectivity index (χ0) is 13.6. The highest BCUT2D eigenvalue weighted by atomic mass is 79.9. The molecular formula is C14H17BrN4. The van der Waals surface area contributed by atoms with Gasteiger partial charge in [0.25, 0.3) is 0 Å². The molecule has 0 atom stereocenters. The number of aryl methyl sites for hydroxylation is 2. The fourth-order valence-electron chi connectivity index (χ4n) is 2.66. The highest BCUT2D eigenvalue weighted by molar-refractivity contribution is 9.10. The lowest BCUT2D eigenvalue weighted by Gasteiger charge is -2.20. The summed E-state index contributed by atoms with van der Waals surface area (Å²) >= 11 is 3.63. The van der Waals surface area contributed by atoms with Crippen molar-refractivity contribution >= 4 is 27.3 Å². The van der Waals surface area contributed by atoms with Gasteiger partial charge in [0.2, 0.25) is 0 Å². The van der Waals surface area contributed by atoms with E-state index in [1.54, 1.807) is 0 Å². The van der Waals surface area contributed by atoms with Crippen LogP contribution in [0.4, 0.5) is 11.4 Å². The first-order chi connectivity index (χ1) is 9.06. The van der Waals surface area contributed by atoms with Gasteiger partial charge < -0.3 is 10.6 Å². The van der Waals surface area contributed by atoms with E-state index in [9.17, 15) is 0 Å². The third-order valence-corrected chi connectivity index (χ3v) is 4.73. The van der Waals surface area contributed by atoms with Gasteiger partial charge in [0, 0.05) is 25.0 Å². The number of nitrogens with zero attached hydrogens (tertiary/aromatic N) is 3. The third-order valence-electron chi connectivity index (χ3n) is 3.70. The molecule has 0 bridgehead atoms. The summed E-state index contributed by atoms with van der Waals surface area (Å²) in [4.78, 5) is 2.37. The van der Waals surface area contributed by atoms with Crippen molar-refractivity contribution in [1.82, 2.24) is 9.78 Å². The van der Waals surface area contributed by atoms with Crippen molar-refractivity contribution in [1.29, 1.82) is 0 Å². The average molecular weight is 321 g/mol. The summed E-state index contributed by atoms with van der Waals surface area (Å²) < 4.78 is 3.05. The Kier molecular flexibility index (Phi) is 3.01. The summed E-state index contributed by atoms with van der Waals surface area (Å²) in [5.74, 6) is 0. The summed E-state index contributed by atoms with van der Waals surface area (Å²) in [6.07, 6.45) is 1.09. The van der Waals surface area contributed by atoms with E-state index in [0.717, 1.165) is 35.4 Å². The van der Waals surface area contributed by atoms with Crippen LogP contribution in [0, 0.1) is 6.92 Å². The van der Waals surface area contributed by atoms with Crippen LogP contribution in [0.5, 0.6) is 0 Å². The van der Waals surface area contributed by atoms with E-state index in [0.29, 0.717) is 0 Å². The van der Waals surface area contributed by atoms with Crippen LogP contribution >= 0.6 is 15.9 Å². The molecule has 0 unspecified atom stereocenters. The van der Waals surface area contributed by atoms with E-state index in [2.05, 4.69) is 38.1 Å². The van der Waals surface area contributed by atoms with Gasteiger partial charge in [-0.2, -0.15) is 5.10 Å². The van der Waals surface area contributed by atoms with Crippen molar-refractivity contribution in [2.75, 3.05) is 17.2 Å². The zero-order valence-electron chi connectivity index (χ0n) is 11.2. The highest BCUT2D eigenvalue weighted by Gasteiger charge is 2.22. The van der Waals surface area contributed by atoms with Crippen LogP contribution in [0.1, 0.15) is 17.0 Å². The molecule has 19 heavy (non-hydrogen) atoms. The Morgan fingerprint density at radius 3 is 2.89 bits per heavy atom. The molecule has 1 aliphatic heterocycles. The molecular weight excluding hydrogens is 304 g/mol. The minimum absolute atomic E-state index is 0.825.